The van der Waals surface area contributed by atoms with Gasteiger partial charge in [-0.25, -0.2) is 0 Å². The Morgan fingerprint density at radius 3 is 1.77 bits per heavy atom. The summed E-state index contributed by atoms with van der Waals surface area (Å²) in [5.41, 5.74) is 5.83. The molecule has 0 bridgehead atoms. The van der Waals surface area contributed by atoms with E-state index in [2.05, 4.69) is 80.8 Å². The van der Waals surface area contributed by atoms with E-state index in [9.17, 15) is 0 Å². The van der Waals surface area contributed by atoms with E-state index in [1.165, 1.54) is 16.8 Å². The molecule has 30 heavy (non-hydrogen) atoms. The van der Waals surface area contributed by atoms with Crippen LogP contribution in [0.3, 0.4) is 0 Å². The van der Waals surface area contributed by atoms with Gasteiger partial charge in [0.2, 0.25) is 0 Å². The first kappa shape index (κ1) is 21.5. The molecule has 0 N–H and O–H groups in total. The van der Waals surface area contributed by atoms with Gasteiger partial charge in [-0.2, -0.15) is 0 Å². The maximum absolute atomic E-state index is 5.33. The van der Waals surface area contributed by atoms with Crippen molar-refractivity contribution in [3.05, 3.63) is 96.1 Å². The Hall–Kier alpha value is -3.20. The third kappa shape index (κ3) is 4.68. The second-order valence-corrected chi connectivity index (χ2v) is 7.62. The zero-order valence-corrected chi connectivity index (χ0v) is 18.6. The minimum atomic E-state index is 0.0956. The molecule has 0 aliphatic rings. The fraction of sp³-hybridized carbons (Fsp3) is 0.259. The highest BCUT2D eigenvalue weighted by Gasteiger charge is 2.24. The third-order valence-corrected chi connectivity index (χ3v) is 5.73. The summed E-state index contributed by atoms with van der Waals surface area (Å²) in [7, 11) is 3.38. The van der Waals surface area contributed by atoms with Crippen LogP contribution >= 0.6 is 0 Å². The number of ether oxygens (including phenoxy) is 2. The number of rotatable bonds is 8. The summed E-state index contributed by atoms with van der Waals surface area (Å²) in [6, 6.07) is 25.4. The Labute approximate surface area is 180 Å². The Balaban J connectivity index is 1.96. The van der Waals surface area contributed by atoms with E-state index in [1.54, 1.807) is 14.2 Å². The number of anilines is 1. The van der Waals surface area contributed by atoms with Gasteiger partial charge in [-0.05, 0) is 73.9 Å². The van der Waals surface area contributed by atoms with Gasteiger partial charge in [0.1, 0.15) is 11.5 Å². The van der Waals surface area contributed by atoms with Crippen molar-refractivity contribution in [3.63, 3.8) is 0 Å². The molecule has 3 heteroatoms. The van der Waals surface area contributed by atoms with Crippen LogP contribution in [0.1, 0.15) is 36.6 Å². The lowest BCUT2D eigenvalue weighted by Crippen LogP contribution is -2.36. The van der Waals surface area contributed by atoms with Crippen LogP contribution in [-0.2, 0) is 0 Å². The van der Waals surface area contributed by atoms with Gasteiger partial charge in [0.05, 0.1) is 26.3 Å². The molecular formula is C27H31NO2. The Morgan fingerprint density at radius 2 is 1.27 bits per heavy atom. The predicted molar refractivity (Wildman–Crippen MR) is 127 cm³/mol. The quantitative estimate of drug-likeness (QED) is 0.420. The monoisotopic (exact) mass is 401 g/mol. The Morgan fingerprint density at radius 1 is 0.767 bits per heavy atom. The van der Waals surface area contributed by atoms with E-state index < -0.39 is 0 Å². The maximum atomic E-state index is 5.33. The summed E-state index contributed by atoms with van der Waals surface area (Å²) in [6.45, 7) is 11.0. The molecule has 156 valence electrons. The van der Waals surface area contributed by atoms with Crippen LogP contribution in [0, 0.1) is 6.92 Å². The van der Waals surface area contributed by atoms with Crippen molar-refractivity contribution in [1.82, 2.24) is 0 Å². The summed E-state index contributed by atoms with van der Waals surface area (Å²) in [4.78, 5) is 2.42. The fourth-order valence-electron chi connectivity index (χ4n) is 3.76. The number of hydrogen-bond acceptors (Lipinski definition) is 3. The van der Waals surface area contributed by atoms with E-state index in [4.69, 9.17) is 9.47 Å². The van der Waals surface area contributed by atoms with Gasteiger partial charge >= 0.3 is 0 Å². The van der Waals surface area contributed by atoms with Crippen molar-refractivity contribution in [3.8, 4) is 11.5 Å². The maximum Gasteiger partial charge on any atom is 0.118 e. The first-order valence-electron chi connectivity index (χ1n) is 10.3. The van der Waals surface area contributed by atoms with Gasteiger partial charge in [-0.3, -0.25) is 0 Å². The normalized spacial score (nSPS) is 12.7. The summed E-state index contributed by atoms with van der Waals surface area (Å²) in [5, 5.41) is 0. The number of nitrogens with zero attached hydrogens (tertiary/aromatic N) is 1. The molecule has 3 aromatic carbocycles. The number of benzene rings is 3. The second kappa shape index (κ2) is 9.53. The lowest BCUT2D eigenvalue weighted by molar-refractivity contribution is 0.414. The van der Waals surface area contributed by atoms with E-state index in [0.717, 1.165) is 22.6 Å². The highest BCUT2D eigenvalue weighted by Crippen LogP contribution is 2.34. The molecule has 0 amide bonds. The standard InChI is InChI=1S/C27H31NO2/c1-19-7-13-25(14-8-19)28(22(4)24-11-17-27(30-6)18-12-24)21(3)20(2)23-9-15-26(29-5)16-10-23/h7-18,21-22H,2H2,1,3-6H3. The predicted octanol–water partition coefficient (Wildman–Crippen LogP) is 6.68. The second-order valence-electron chi connectivity index (χ2n) is 7.62. The Bertz CT molecular complexity index is 959. The minimum absolute atomic E-state index is 0.0956. The third-order valence-electron chi connectivity index (χ3n) is 5.73. The Kier molecular flexibility index (Phi) is 6.83. The highest BCUT2D eigenvalue weighted by molar-refractivity contribution is 5.72. The minimum Gasteiger partial charge on any atom is -0.497 e. The molecule has 0 aliphatic carbocycles. The van der Waals surface area contributed by atoms with Crippen LogP contribution in [0.25, 0.3) is 5.57 Å². The molecule has 3 aromatic rings. The van der Waals surface area contributed by atoms with E-state index >= 15 is 0 Å². The van der Waals surface area contributed by atoms with Crippen LogP contribution < -0.4 is 14.4 Å². The van der Waals surface area contributed by atoms with Crippen LogP contribution in [0.5, 0.6) is 11.5 Å². The first-order chi connectivity index (χ1) is 14.4. The van der Waals surface area contributed by atoms with Crippen LogP contribution in [0.2, 0.25) is 0 Å². The SMILES string of the molecule is C=C(c1ccc(OC)cc1)C(C)N(c1ccc(C)cc1)C(C)c1ccc(OC)cc1. The molecular weight excluding hydrogens is 370 g/mol. The number of hydrogen-bond donors (Lipinski definition) is 0. The molecule has 0 fully saturated rings. The van der Waals surface area contributed by atoms with Gasteiger partial charge in [0.15, 0.2) is 0 Å². The van der Waals surface area contributed by atoms with Gasteiger partial charge in [-0.15, -0.1) is 0 Å². The number of aryl methyl sites for hydroxylation is 1. The van der Waals surface area contributed by atoms with Crippen molar-refractivity contribution in [2.24, 2.45) is 0 Å². The molecule has 0 heterocycles. The van der Waals surface area contributed by atoms with Gasteiger partial charge in [0, 0.05) is 5.69 Å². The topological polar surface area (TPSA) is 21.7 Å². The molecule has 0 saturated carbocycles. The summed E-state index contributed by atoms with van der Waals surface area (Å²) in [5.74, 6) is 1.71. The summed E-state index contributed by atoms with van der Waals surface area (Å²) < 4.78 is 10.6. The van der Waals surface area contributed by atoms with Gasteiger partial charge in [0.25, 0.3) is 0 Å². The molecule has 2 atom stereocenters. The van der Waals surface area contributed by atoms with Crippen molar-refractivity contribution in [2.75, 3.05) is 19.1 Å². The molecule has 0 aromatic heterocycles. The van der Waals surface area contributed by atoms with Crippen molar-refractivity contribution in [2.45, 2.75) is 32.9 Å². The van der Waals surface area contributed by atoms with Gasteiger partial charge < -0.3 is 14.4 Å². The average Bonchev–Trinajstić information content (AvgIpc) is 2.80. The average molecular weight is 402 g/mol. The largest absolute Gasteiger partial charge is 0.497 e. The first-order valence-corrected chi connectivity index (χ1v) is 10.3. The number of methoxy groups -OCH3 is 2. The lowest BCUT2D eigenvalue weighted by Gasteiger charge is -2.38. The van der Waals surface area contributed by atoms with E-state index in [0.29, 0.717) is 0 Å². The zero-order chi connectivity index (χ0) is 21.7. The molecule has 0 aliphatic heterocycles. The fourth-order valence-corrected chi connectivity index (χ4v) is 3.76. The molecule has 3 nitrogen and oxygen atoms in total. The van der Waals surface area contributed by atoms with Crippen molar-refractivity contribution >= 4 is 11.3 Å². The van der Waals surface area contributed by atoms with E-state index in [-0.39, 0.29) is 12.1 Å². The molecule has 0 radical (unpaired) electrons. The van der Waals surface area contributed by atoms with Crippen LogP contribution in [0.4, 0.5) is 5.69 Å². The summed E-state index contributed by atoms with van der Waals surface area (Å²) >= 11 is 0. The van der Waals surface area contributed by atoms with Crippen molar-refractivity contribution < 1.29 is 9.47 Å². The van der Waals surface area contributed by atoms with Crippen LogP contribution in [-0.4, -0.2) is 20.3 Å². The molecule has 3 rings (SSSR count). The lowest BCUT2D eigenvalue weighted by atomic mass is 9.96. The van der Waals surface area contributed by atoms with E-state index in [1.807, 2.05) is 24.3 Å². The van der Waals surface area contributed by atoms with Gasteiger partial charge in [-0.1, -0.05) is 48.5 Å². The summed E-state index contributed by atoms with van der Waals surface area (Å²) in [6.07, 6.45) is 0. The van der Waals surface area contributed by atoms with Crippen LogP contribution in [0.15, 0.2) is 79.4 Å². The molecule has 0 saturated heterocycles. The molecule has 2 unspecified atom stereocenters. The zero-order valence-electron chi connectivity index (χ0n) is 18.6. The molecule has 0 spiro atoms. The van der Waals surface area contributed by atoms with Crippen molar-refractivity contribution in [1.29, 1.82) is 0 Å². The highest BCUT2D eigenvalue weighted by atomic mass is 16.5. The smallest absolute Gasteiger partial charge is 0.118 e.